The van der Waals surface area contributed by atoms with E-state index in [1.165, 1.54) is 16.4 Å². The molecular formula is C21H25ClFN3O3S. The summed E-state index contributed by atoms with van der Waals surface area (Å²) >= 11 is 5.71. The number of carbonyl (C=O) groups excluding carboxylic acids is 1. The van der Waals surface area contributed by atoms with Gasteiger partial charge in [0.05, 0.1) is 10.6 Å². The van der Waals surface area contributed by atoms with Crippen LogP contribution in [0.4, 0.5) is 10.1 Å². The number of nitrogens with zero attached hydrogens (tertiary/aromatic N) is 2. The summed E-state index contributed by atoms with van der Waals surface area (Å²) < 4.78 is 41.2. The highest BCUT2D eigenvalue weighted by atomic mass is 35.5. The molecule has 1 fully saturated rings. The number of hydrogen-bond donors (Lipinski definition) is 1. The number of hydrogen-bond acceptors (Lipinski definition) is 4. The molecule has 0 aromatic heterocycles. The second-order valence-corrected chi connectivity index (χ2v) is 9.78. The van der Waals surface area contributed by atoms with Crippen LogP contribution in [-0.2, 0) is 14.8 Å². The van der Waals surface area contributed by atoms with Crippen molar-refractivity contribution in [1.29, 1.82) is 0 Å². The third-order valence-electron chi connectivity index (χ3n) is 5.14. The van der Waals surface area contributed by atoms with E-state index in [-0.39, 0.29) is 23.0 Å². The fraction of sp³-hybridized carbons (Fsp3) is 0.381. The number of carbonyl (C=O) groups is 1. The van der Waals surface area contributed by atoms with E-state index >= 15 is 0 Å². The molecule has 1 aliphatic heterocycles. The molecule has 1 amide bonds. The number of nitrogens with one attached hydrogen (secondary N) is 1. The van der Waals surface area contributed by atoms with Crippen LogP contribution in [0.2, 0.25) is 5.02 Å². The van der Waals surface area contributed by atoms with Gasteiger partial charge in [-0.25, -0.2) is 12.8 Å². The summed E-state index contributed by atoms with van der Waals surface area (Å²) in [5, 5.41) is 2.80. The van der Waals surface area contributed by atoms with E-state index in [4.69, 9.17) is 11.6 Å². The molecule has 1 N–H and O–H groups in total. The molecule has 162 valence electrons. The van der Waals surface area contributed by atoms with E-state index in [0.717, 1.165) is 17.2 Å². The predicted molar refractivity (Wildman–Crippen MR) is 116 cm³/mol. The highest BCUT2D eigenvalue weighted by Gasteiger charge is 2.29. The minimum absolute atomic E-state index is 0.0915. The topological polar surface area (TPSA) is 69.7 Å². The molecule has 9 heteroatoms. The largest absolute Gasteiger partial charge is 0.324 e. The van der Waals surface area contributed by atoms with Gasteiger partial charge in [-0.15, -0.1) is 0 Å². The van der Waals surface area contributed by atoms with Gasteiger partial charge in [0.15, 0.2) is 0 Å². The molecule has 3 rings (SSSR count). The van der Waals surface area contributed by atoms with Crippen LogP contribution in [0.25, 0.3) is 0 Å². The fourth-order valence-electron chi connectivity index (χ4n) is 3.48. The van der Waals surface area contributed by atoms with Gasteiger partial charge >= 0.3 is 0 Å². The quantitative estimate of drug-likeness (QED) is 0.727. The molecule has 0 spiro atoms. The number of benzene rings is 2. The van der Waals surface area contributed by atoms with Crippen molar-refractivity contribution in [2.24, 2.45) is 0 Å². The van der Waals surface area contributed by atoms with Gasteiger partial charge in [-0.05, 0) is 43.7 Å². The highest BCUT2D eigenvalue weighted by Crippen LogP contribution is 2.22. The fourth-order valence-corrected chi connectivity index (χ4v) is 5.27. The lowest BCUT2D eigenvalue weighted by atomic mass is 10.2. The van der Waals surface area contributed by atoms with E-state index in [9.17, 15) is 17.6 Å². The standard InChI is InChI=1S/C21H25ClFN3O3S/c1-15-3-6-20(16(2)13-15)30(28,29)26-11-9-25(10-12-26)8-7-21(27)24-19-5-4-17(22)14-18(19)23/h3-6,13-14H,7-12H2,1-2H3,(H,24,27). The maximum atomic E-state index is 13.8. The van der Waals surface area contributed by atoms with E-state index in [1.807, 2.05) is 17.9 Å². The number of sulfonamides is 1. The predicted octanol–water partition coefficient (Wildman–Crippen LogP) is 3.43. The lowest BCUT2D eigenvalue weighted by Gasteiger charge is -2.34. The van der Waals surface area contributed by atoms with Crippen LogP contribution in [0.1, 0.15) is 17.5 Å². The second kappa shape index (κ2) is 9.43. The van der Waals surface area contributed by atoms with Crippen LogP contribution in [0.15, 0.2) is 41.3 Å². The zero-order valence-corrected chi connectivity index (χ0v) is 18.6. The molecule has 2 aromatic rings. The number of rotatable bonds is 6. The molecule has 1 heterocycles. The SMILES string of the molecule is Cc1ccc(S(=O)(=O)N2CCN(CCC(=O)Nc3ccc(Cl)cc3F)CC2)c(C)c1. The lowest BCUT2D eigenvalue weighted by molar-refractivity contribution is -0.116. The Kier molecular flexibility index (Phi) is 7.13. The number of aryl methyl sites for hydroxylation is 2. The van der Waals surface area contributed by atoms with E-state index in [2.05, 4.69) is 5.32 Å². The molecule has 1 saturated heterocycles. The summed E-state index contributed by atoms with van der Waals surface area (Å²) in [6.45, 7) is 6.00. The molecule has 30 heavy (non-hydrogen) atoms. The zero-order chi connectivity index (χ0) is 21.9. The molecule has 0 bridgehead atoms. The highest BCUT2D eigenvalue weighted by molar-refractivity contribution is 7.89. The number of halogens is 2. The first-order valence-corrected chi connectivity index (χ1v) is 11.5. The molecule has 0 unspecified atom stereocenters. The summed E-state index contributed by atoms with van der Waals surface area (Å²) in [5.41, 5.74) is 1.85. The molecule has 0 aliphatic carbocycles. The van der Waals surface area contributed by atoms with Gasteiger partial charge in [-0.3, -0.25) is 4.79 Å². The Balaban J connectivity index is 1.51. The van der Waals surface area contributed by atoms with Gasteiger partial charge in [0.25, 0.3) is 0 Å². The summed E-state index contributed by atoms with van der Waals surface area (Å²) in [5.74, 6) is -0.886. The van der Waals surface area contributed by atoms with Gasteiger partial charge in [0, 0.05) is 44.2 Å². The van der Waals surface area contributed by atoms with Crippen LogP contribution in [0.5, 0.6) is 0 Å². The number of anilines is 1. The molecule has 1 aliphatic rings. The van der Waals surface area contributed by atoms with E-state index in [0.29, 0.717) is 37.6 Å². The Morgan fingerprint density at radius 1 is 1.10 bits per heavy atom. The molecule has 0 radical (unpaired) electrons. The average molecular weight is 454 g/mol. The first-order chi connectivity index (χ1) is 14.2. The minimum atomic E-state index is -3.54. The van der Waals surface area contributed by atoms with Gasteiger partial charge < -0.3 is 10.2 Å². The van der Waals surface area contributed by atoms with Gasteiger partial charge in [0.2, 0.25) is 15.9 Å². The summed E-state index contributed by atoms with van der Waals surface area (Å²) in [4.78, 5) is 14.5. The third kappa shape index (κ3) is 5.37. The van der Waals surface area contributed by atoms with Crippen LogP contribution in [0, 0.1) is 19.7 Å². The van der Waals surface area contributed by atoms with Crippen molar-refractivity contribution in [2.45, 2.75) is 25.2 Å². The molecular weight excluding hydrogens is 429 g/mol. The Bertz CT molecular complexity index is 1040. The first-order valence-electron chi connectivity index (χ1n) is 9.71. The van der Waals surface area contributed by atoms with Crippen molar-refractivity contribution in [3.8, 4) is 0 Å². The normalized spacial score (nSPS) is 15.9. The second-order valence-electron chi connectivity index (χ2n) is 7.44. The summed E-state index contributed by atoms with van der Waals surface area (Å²) in [6.07, 6.45) is 0.186. The van der Waals surface area contributed by atoms with E-state index in [1.54, 1.807) is 19.1 Å². The van der Waals surface area contributed by atoms with Crippen LogP contribution >= 0.6 is 11.6 Å². The molecule has 0 saturated carbocycles. The number of amides is 1. The Labute approximate surface area is 181 Å². The first kappa shape index (κ1) is 22.7. The molecule has 2 aromatic carbocycles. The van der Waals surface area contributed by atoms with Crippen molar-refractivity contribution >= 4 is 33.2 Å². The third-order valence-corrected chi connectivity index (χ3v) is 7.43. The van der Waals surface area contributed by atoms with Crippen molar-refractivity contribution in [2.75, 3.05) is 38.0 Å². The Morgan fingerprint density at radius 3 is 2.43 bits per heavy atom. The maximum Gasteiger partial charge on any atom is 0.243 e. The molecule has 6 nitrogen and oxygen atoms in total. The van der Waals surface area contributed by atoms with Gasteiger partial charge in [-0.2, -0.15) is 4.31 Å². The Morgan fingerprint density at radius 2 is 1.80 bits per heavy atom. The summed E-state index contributed by atoms with van der Waals surface area (Å²) in [6, 6.07) is 9.41. The van der Waals surface area contributed by atoms with Crippen molar-refractivity contribution in [3.05, 3.63) is 58.4 Å². The summed E-state index contributed by atoms with van der Waals surface area (Å²) in [7, 11) is -3.54. The lowest BCUT2D eigenvalue weighted by Crippen LogP contribution is -2.49. The smallest absolute Gasteiger partial charge is 0.243 e. The van der Waals surface area contributed by atoms with Crippen molar-refractivity contribution in [1.82, 2.24) is 9.21 Å². The maximum absolute atomic E-state index is 13.8. The van der Waals surface area contributed by atoms with Gasteiger partial charge in [0.1, 0.15) is 5.82 Å². The molecule has 0 atom stereocenters. The van der Waals surface area contributed by atoms with Crippen LogP contribution in [0.3, 0.4) is 0 Å². The van der Waals surface area contributed by atoms with Crippen LogP contribution in [-0.4, -0.2) is 56.3 Å². The zero-order valence-electron chi connectivity index (χ0n) is 17.0. The minimum Gasteiger partial charge on any atom is -0.324 e. The average Bonchev–Trinajstić information content (AvgIpc) is 2.68. The van der Waals surface area contributed by atoms with Crippen molar-refractivity contribution < 1.29 is 17.6 Å². The van der Waals surface area contributed by atoms with Gasteiger partial charge in [-0.1, -0.05) is 29.3 Å². The van der Waals surface area contributed by atoms with Crippen molar-refractivity contribution in [3.63, 3.8) is 0 Å². The van der Waals surface area contributed by atoms with E-state index < -0.39 is 15.8 Å². The Hall–Kier alpha value is -2.00. The van der Waals surface area contributed by atoms with Crippen LogP contribution < -0.4 is 5.32 Å². The number of piperazine rings is 1. The monoisotopic (exact) mass is 453 g/mol.